The molecule has 2 aromatic heterocycles. The molecule has 1 aliphatic rings. The molecule has 134 valence electrons. The maximum atomic E-state index is 12.6. The topological polar surface area (TPSA) is 84.7 Å². The van der Waals surface area contributed by atoms with Gasteiger partial charge in [-0.1, -0.05) is 30.3 Å². The van der Waals surface area contributed by atoms with Gasteiger partial charge in [0.05, 0.1) is 11.7 Å². The number of nitrogens with zero attached hydrogens (tertiary/aromatic N) is 4. The summed E-state index contributed by atoms with van der Waals surface area (Å²) in [5.74, 6) is 1.57. The van der Waals surface area contributed by atoms with Crippen LogP contribution in [-0.4, -0.2) is 38.7 Å². The maximum absolute atomic E-state index is 12.6. The average molecular weight is 368 g/mol. The highest BCUT2D eigenvalue weighted by Crippen LogP contribution is 2.22. The van der Waals surface area contributed by atoms with Gasteiger partial charge in [-0.05, 0) is 6.92 Å². The number of amides is 1. The van der Waals surface area contributed by atoms with Crippen LogP contribution >= 0.6 is 11.3 Å². The van der Waals surface area contributed by atoms with Gasteiger partial charge in [-0.2, -0.15) is 0 Å². The van der Waals surface area contributed by atoms with Crippen molar-refractivity contribution < 1.29 is 4.79 Å². The third-order valence-corrected chi connectivity index (χ3v) is 5.24. The van der Waals surface area contributed by atoms with Crippen molar-refractivity contribution in [2.24, 2.45) is 0 Å². The molecule has 0 bridgehead atoms. The van der Waals surface area contributed by atoms with Gasteiger partial charge in [-0.3, -0.25) is 4.79 Å². The Labute approximate surface area is 155 Å². The Balaban J connectivity index is 1.48. The van der Waals surface area contributed by atoms with Crippen LogP contribution in [0.3, 0.4) is 0 Å². The smallest absolute Gasteiger partial charge is 0.280 e. The predicted octanol–water partition coefficient (Wildman–Crippen LogP) is 2.04. The summed E-state index contributed by atoms with van der Waals surface area (Å²) in [4.78, 5) is 17.1. The Morgan fingerprint density at radius 1 is 1.27 bits per heavy atom. The Hall–Kier alpha value is -2.58. The van der Waals surface area contributed by atoms with E-state index in [0.717, 1.165) is 49.0 Å². The molecule has 26 heavy (non-hydrogen) atoms. The van der Waals surface area contributed by atoms with E-state index in [0.29, 0.717) is 5.01 Å². The third kappa shape index (κ3) is 3.38. The molecule has 0 saturated heterocycles. The van der Waals surface area contributed by atoms with Crippen LogP contribution in [0.2, 0.25) is 0 Å². The van der Waals surface area contributed by atoms with E-state index in [1.807, 2.05) is 42.6 Å². The van der Waals surface area contributed by atoms with E-state index in [4.69, 9.17) is 0 Å². The summed E-state index contributed by atoms with van der Waals surface area (Å²) in [6.45, 7) is 4.53. The first-order chi connectivity index (χ1) is 12.7. The van der Waals surface area contributed by atoms with Gasteiger partial charge < -0.3 is 15.2 Å². The fraction of sp³-hybridized carbons (Fsp3) is 0.333. The lowest BCUT2D eigenvalue weighted by molar-refractivity contribution is 0.0937. The number of fused-ring (bicyclic) bond motifs is 1. The van der Waals surface area contributed by atoms with Gasteiger partial charge in [-0.15, -0.1) is 21.5 Å². The normalized spacial score (nSPS) is 15.1. The molecule has 3 aromatic rings. The zero-order valence-electron chi connectivity index (χ0n) is 14.5. The van der Waals surface area contributed by atoms with E-state index < -0.39 is 0 Å². The van der Waals surface area contributed by atoms with Gasteiger partial charge in [0.25, 0.3) is 5.91 Å². The Bertz CT molecular complexity index is 904. The summed E-state index contributed by atoms with van der Waals surface area (Å²) < 4.78 is 2.10. The van der Waals surface area contributed by atoms with Crippen molar-refractivity contribution in [1.29, 1.82) is 0 Å². The molecule has 0 aliphatic carbocycles. The van der Waals surface area contributed by atoms with E-state index in [-0.39, 0.29) is 11.9 Å². The van der Waals surface area contributed by atoms with Gasteiger partial charge in [0.2, 0.25) is 0 Å². The minimum Gasteiger partial charge on any atom is -0.340 e. The lowest BCUT2D eigenvalue weighted by Gasteiger charge is -2.14. The molecular formula is C18H20N6OS. The lowest BCUT2D eigenvalue weighted by Crippen LogP contribution is -2.29. The Morgan fingerprint density at radius 2 is 2.12 bits per heavy atom. The number of aromatic nitrogens is 4. The predicted molar refractivity (Wildman–Crippen MR) is 100 cm³/mol. The standard InChI is InChI=1S/C18H20N6OS/c1-12(16-23-22-15-7-8-19-9-10-24(15)16)20-17(25)18-21-14(11-26-18)13-5-3-2-4-6-13/h2-6,11-12,19H,7-10H2,1H3,(H,20,25). The average Bonchev–Trinajstić information content (AvgIpc) is 3.25. The molecule has 1 aliphatic heterocycles. The molecule has 2 N–H and O–H groups in total. The summed E-state index contributed by atoms with van der Waals surface area (Å²) in [5, 5.41) is 17.3. The number of hydrogen-bond acceptors (Lipinski definition) is 6. The summed E-state index contributed by atoms with van der Waals surface area (Å²) in [7, 11) is 0. The van der Waals surface area contributed by atoms with Crippen LogP contribution in [0.1, 0.15) is 34.4 Å². The van der Waals surface area contributed by atoms with Crippen molar-refractivity contribution in [3.63, 3.8) is 0 Å². The SMILES string of the molecule is CC(NC(=O)c1nc(-c2ccccc2)cs1)c1nnc2n1CCNCC2. The van der Waals surface area contributed by atoms with Crippen LogP contribution < -0.4 is 10.6 Å². The summed E-state index contributed by atoms with van der Waals surface area (Å²) in [6.07, 6.45) is 0.848. The van der Waals surface area contributed by atoms with E-state index >= 15 is 0 Å². The number of thiazole rings is 1. The van der Waals surface area contributed by atoms with Crippen molar-refractivity contribution in [1.82, 2.24) is 30.4 Å². The summed E-state index contributed by atoms with van der Waals surface area (Å²) in [5.41, 5.74) is 1.82. The minimum atomic E-state index is -0.231. The highest BCUT2D eigenvalue weighted by atomic mass is 32.1. The molecular weight excluding hydrogens is 348 g/mol. The first kappa shape index (κ1) is 16.9. The summed E-state index contributed by atoms with van der Waals surface area (Å²) >= 11 is 1.35. The van der Waals surface area contributed by atoms with Crippen molar-refractivity contribution in [2.45, 2.75) is 25.9 Å². The highest BCUT2D eigenvalue weighted by molar-refractivity contribution is 7.12. The van der Waals surface area contributed by atoms with Crippen molar-refractivity contribution in [2.75, 3.05) is 13.1 Å². The van der Waals surface area contributed by atoms with Crippen LogP contribution in [0, 0.1) is 0 Å². The monoisotopic (exact) mass is 368 g/mol. The Kier molecular flexibility index (Phi) is 4.77. The van der Waals surface area contributed by atoms with Crippen LogP contribution in [0.4, 0.5) is 0 Å². The van der Waals surface area contributed by atoms with Gasteiger partial charge >= 0.3 is 0 Å². The first-order valence-electron chi connectivity index (χ1n) is 8.67. The summed E-state index contributed by atoms with van der Waals surface area (Å²) in [6, 6.07) is 9.62. The zero-order chi connectivity index (χ0) is 17.9. The number of carbonyl (C=O) groups excluding carboxylic acids is 1. The second-order valence-electron chi connectivity index (χ2n) is 6.23. The number of rotatable bonds is 4. The van der Waals surface area contributed by atoms with Gasteiger partial charge in [0.15, 0.2) is 10.8 Å². The number of hydrogen-bond donors (Lipinski definition) is 2. The van der Waals surface area contributed by atoms with Gasteiger partial charge in [0.1, 0.15) is 5.82 Å². The lowest BCUT2D eigenvalue weighted by atomic mass is 10.2. The number of benzene rings is 1. The molecule has 1 aromatic carbocycles. The third-order valence-electron chi connectivity index (χ3n) is 4.40. The second-order valence-corrected chi connectivity index (χ2v) is 7.08. The molecule has 1 amide bonds. The van der Waals surface area contributed by atoms with E-state index in [9.17, 15) is 4.79 Å². The van der Waals surface area contributed by atoms with Crippen LogP contribution in [0.15, 0.2) is 35.7 Å². The molecule has 0 spiro atoms. The Morgan fingerprint density at radius 3 is 2.96 bits per heavy atom. The fourth-order valence-electron chi connectivity index (χ4n) is 3.06. The minimum absolute atomic E-state index is 0.186. The van der Waals surface area contributed by atoms with Crippen molar-refractivity contribution in [3.8, 4) is 11.3 Å². The number of nitrogens with one attached hydrogen (secondary N) is 2. The van der Waals surface area contributed by atoms with Crippen molar-refractivity contribution >= 4 is 17.2 Å². The maximum Gasteiger partial charge on any atom is 0.280 e. The number of carbonyl (C=O) groups is 1. The molecule has 1 unspecified atom stereocenters. The van der Waals surface area contributed by atoms with Crippen LogP contribution in [0.25, 0.3) is 11.3 Å². The second kappa shape index (κ2) is 7.35. The molecule has 1 atom stereocenters. The van der Waals surface area contributed by atoms with E-state index in [1.54, 1.807) is 0 Å². The first-order valence-corrected chi connectivity index (χ1v) is 9.55. The zero-order valence-corrected chi connectivity index (χ0v) is 15.3. The molecule has 0 saturated carbocycles. The molecule has 0 radical (unpaired) electrons. The molecule has 7 nitrogen and oxygen atoms in total. The fourth-order valence-corrected chi connectivity index (χ4v) is 3.79. The van der Waals surface area contributed by atoms with Crippen LogP contribution in [-0.2, 0) is 13.0 Å². The molecule has 3 heterocycles. The van der Waals surface area contributed by atoms with Crippen molar-refractivity contribution in [3.05, 3.63) is 52.4 Å². The van der Waals surface area contributed by atoms with Gasteiger partial charge in [-0.25, -0.2) is 4.98 Å². The highest BCUT2D eigenvalue weighted by Gasteiger charge is 2.22. The molecule has 4 rings (SSSR count). The largest absolute Gasteiger partial charge is 0.340 e. The van der Waals surface area contributed by atoms with Crippen LogP contribution in [0.5, 0.6) is 0 Å². The molecule has 0 fully saturated rings. The quantitative estimate of drug-likeness (QED) is 0.736. The van der Waals surface area contributed by atoms with E-state index in [2.05, 4.69) is 30.4 Å². The molecule has 8 heteroatoms. The van der Waals surface area contributed by atoms with Gasteiger partial charge in [0, 0.05) is 37.0 Å². The van der Waals surface area contributed by atoms with E-state index in [1.165, 1.54) is 11.3 Å².